The fourth-order valence-electron chi connectivity index (χ4n) is 3.43. The summed E-state index contributed by atoms with van der Waals surface area (Å²) < 4.78 is 55.4. The molecule has 1 aliphatic rings. The predicted octanol–water partition coefficient (Wildman–Crippen LogP) is 4.01. The molecule has 3 rings (SSSR count). The lowest BCUT2D eigenvalue weighted by atomic mass is 10.0. The highest BCUT2D eigenvalue weighted by molar-refractivity contribution is 5.94. The summed E-state index contributed by atoms with van der Waals surface area (Å²) in [5.74, 6) is -0.784. The van der Waals surface area contributed by atoms with Gasteiger partial charge in [0.25, 0.3) is 5.91 Å². The van der Waals surface area contributed by atoms with Crippen molar-refractivity contribution in [1.29, 1.82) is 0 Å². The van der Waals surface area contributed by atoms with E-state index in [4.69, 9.17) is 0 Å². The topological polar surface area (TPSA) is 44.8 Å². The fourth-order valence-corrected chi connectivity index (χ4v) is 3.43. The molecule has 0 bridgehead atoms. The van der Waals surface area contributed by atoms with Crippen molar-refractivity contribution in [3.8, 4) is 5.75 Å². The van der Waals surface area contributed by atoms with E-state index in [2.05, 4.69) is 19.9 Å². The number of piperazine rings is 1. The van der Waals surface area contributed by atoms with Crippen molar-refractivity contribution in [2.24, 2.45) is 0 Å². The van der Waals surface area contributed by atoms with Gasteiger partial charge in [-0.25, -0.2) is 4.39 Å². The summed E-state index contributed by atoms with van der Waals surface area (Å²) in [6, 6.07) is 9.48. The van der Waals surface area contributed by atoms with E-state index in [-0.39, 0.29) is 17.1 Å². The molecule has 1 aliphatic heterocycles. The highest BCUT2D eigenvalue weighted by Crippen LogP contribution is 2.28. The van der Waals surface area contributed by atoms with E-state index in [9.17, 15) is 22.4 Å². The average molecular weight is 439 g/mol. The molecule has 0 spiro atoms. The Morgan fingerprint density at radius 1 is 1.10 bits per heavy atom. The first-order chi connectivity index (χ1) is 14.6. The third-order valence-corrected chi connectivity index (χ3v) is 5.17. The molecule has 0 aromatic heterocycles. The minimum atomic E-state index is -4.43. The average Bonchev–Trinajstić information content (AvgIpc) is 2.72. The number of carbonyl (C=O) groups excluding carboxylic acids is 1. The smallest absolute Gasteiger partial charge is 0.422 e. The van der Waals surface area contributed by atoms with E-state index in [1.807, 2.05) is 7.05 Å². The molecule has 0 aliphatic carbocycles. The van der Waals surface area contributed by atoms with Crippen LogP contribution >= 0.6 is 0 Å². The molecule has 0 radical (unpaired) electrons. The van der Waals surface area contributed by atoms with Crippen LogP contribution in [-0.4, -0.2) is 56.8 Å². The summed E-state index contributed by atoms with van der Waals surface area (Å²) in [6.07, 6.45) is -4.43. The van der Waals surface area contributed by atoms with Gasteiger partial charge in [-0.15, -0.1) is 0 Å². The van der Waals surface area contributed by atoms with Gasteiger partial charge in [0.15, 0.2) is 6.61 Å². The second-order valence-electron chi connectivity index (χ2n) is 7.62. The molecular formula is C22H25F4N3O2. The van der Waals surface area contributed by atoms with E-state index in [0.29, 0.717) is 5.56 Å². The lowest BCUT2D eigenvalue weighted by molar-refractivity contribution is -0.153. The molecule has 9 heteroatoms. The second-order valence-corrected chi connectivity index (χ2v) is 7.62. The van der Waals surface area contributed by atoms with Crippen molar-refractivity contribution in [3.05, 3.63) is 59.4 Å². The lowest BCUT2D eigenvalue weighted by Crippen LogP contribution is -2.45. The zero-order valence-electron chi connectivity index (χ0n) is 17.4. The number of halogens is 4. The first kappa shape index (κ1) is 22.9. The molecule has 1 atom stereocenters. The first-order valence-corrected chi connectivity index (χ1v) is 9.96. The monoisotopic (exact) mass is 439 g/mol. The molecule has 1 fully saturated rings. The Morgan fingerprint density at radius 2 is 1.74 bits per heavy atom. The predicted molar refractivity (Wildman–Crippen MR) is 110 cm³/mol. The standard InChI is InChI=1S/C22H25F4N3O2/c1-15(19-13-17(23)5-8-20(19)29-11-9-28(2)10-12-29)27-21(30)16-3-6-18(7-4-16)31-14-22(24,25)26/h3-8,13,15H,9-12,14H2,1-2H3,(H,27,30)/t15-/m1/s1. The van der Waals surface area contributed by atoms with E-state index >= 15 is 0 Å². The SMILES string of the molecule is C[C@@H](NC(=O)c1ccc(OCC(F)(F)F)cc1)c1cc(F)ccc1N1CCN(C)CC1. The Hall–Kier alpha value is -2.81. The summed E-state index contributed by atoms with van der Waals surface area (Å²) in [4.78, 5) is 17.0. The van der Waals surface area contributed by atoms with Crippen molar-refractivity contribution in [2.45, 2.75) is 19.1 Å². The summed E-state index contributed by atoms with van der Waals surface area (Å²) >= 11 is 0. The Balaban J connectivity index is 1.69. The largest absolute Gasteiger partial charge is 0.484 e. The van der Waals surface area contributed by atoms with Gasteiger partial charge in [0.05, 0.1) is 6.04 Å². The molecule has 1 amide bonds. The lowest BCUT2D eigenvalue weighted by Gasteiger charge is -2.36. The quantitative estimate of drug-likeness (QED) is 0.691. The third-order valence-electron chi connectivity index (χ3n) is 5.17. The number of nitrogens with one attached hydrogen (secondary N) is 1. The van der Waals surface area contributed by atoms with E-state index in [1.165, 1.54) is 36.4 Å². The van der Waals surface area contributed by atoms with Gasteiger partial charge in [-0.1, -0.05) is 0 Å². The molecule has 31 heavy (non-hydrogen) atoms. The van der Waals surface area contributed by atoms with Crippen molar-refractivity contribution in [3.63, 3.8) is 0 Å². The van der Waals surface area contributed by atoms with Gasteiger partial charge >= 0.3 is 6.18 Å². The summed E-state index contributed by atoms with van der Waals surface area (Å²) in [5.41, 5.74) is 1.81. The molecule has 0 unspecified atom stereocenters. The highest BCUT2D eigenvalue weighted by Gasteiger charge is 2.28. The molecule has 2 aromatic rings. The maximum Gasteiger partial charge on any atom is 0.422 e. The van der Waals surface area contributed by atoms with Gasteiger partial charge in [-0.2, -0.15) is 13.2 Å². The van der Waals surface area contributed by atoms with Crippen LogP contribution in [0, 0.1) is 5.82 Å². The summed E-state index contributed by atoms with van der Waals surface area (Å²) in [7, 11) is 2.05. The maximum absolute atomic E-state index is 14.0. The fraction of sp³-hybridized carbons (Fsp3) is 0.409. The van der Waals surface area contributed by atoms with Gasteiger partial charge in [0.2, 0.25) is 0 Å². The molecule has 2 aromatic carbocycles. The van der Waals surface area contributed by atoms with Crippen molar-refractivity contribution >= 4 is 11.6 Å². The Morgan fingerprint density at radius 3 is 2.35 bits per heavy atom. The zero-order chi connectivity index (χ0) is 22.6. The minimum Gasteiger partial charge on any atom is -0.484 e. The molecule has 1 heterocycles. The summed E-state index contributed by atoms with van der Waals surface area (Å²) in [6.45, 7) is 3.75. The van der Waals surface area contributed by atoms with E-state index in [0.717, 1.165) is 31.9 Å². The first-order valence-electron chi connectivity index (χ1n) is 9.96. The molecule has 0 saturated carbocycles. The molecular weight excluding hydrogens is 414 g/mol. The van der Waals surface area contributed by atoms with Crippen LogP contribution in [0.5, 0.6) is 5.75 Å². The number of anilines is 1. The van der Waals surface area contributed by atoms with Gasteiger partial charge in [0.1, 0.15) is 11.6 Å². The number of nitrogens with zero attached hydrogens (tertiary/aromatic N) is 2. The number of likely N-dealkylation sites (N-methyl/N-ethyl adjacent to an activating group) is 1. The van der Waals surface area contributed by atoms with Crippen LogP contribution in [0.25, 0.3) is 0 Å². The van der Waals surface area contributed by atoms with Crippen LogP contribution in [0.3, 0.4) is 0 Å². The van der Waals surface area contributed by atoms with Gasteiger partial charge in [-0.3, -0.25) is 4.79 Å². The van der Waals surface area contributed by atoms with Crippen molar-refractivity contribution < 1.29 is 27.1 Å². The Bertz CT molecular complexity index is 895. The number of alkyl halides is 3. The maximum atomic E-state index is 14.0. The van der Waals surface area contributed by atoms with Gasteiger partial charge in [0, 0.05) is 43.0 Å². The number of hydrogen-bond acceptors (Lipinski definition) is 4. The van der Waals surface area contributed by atoms with Crippen LogP contribution in [0.4, 0.5) is 23.2 Å². The van der Waals surface area contributed by atoms with Crippen LogP contribution in [0.1, 0.15) is 28.9 Å². The summed E-state index contributed by atoms with van der Waals surface area (Å²) in [5, 5.41) is 2.84. The molecule has 1 saturated heterocycles. The van der Waals surface area contributed by atoms with Crippen LogP contribution in [-0.2, 0) is 0 Å². The van der Waals surface area contributed by atoms with Crippen LogP contribution in [0.2, 0.25) is 0 Å². The number of ether oxygens (including phenoxy) is 1. The molecule has 5 nitrogen and oxygen atoms in total. The minimum absolute atomic E-state index is 0.0180. The third kappa shape index (κ3) is 6.33. The number of carbonyl (C=O) groups is 1. The Kier molecular flexibility index (Phi) is 7.04. The van der Waals surface area contributed by atoms with Gasteiger partial charge < -0.3 is 19.9 Å². The number of amides is 1. The molecule has 1 N–H and O–H groups in total. The molecule has 168 valence electrons. The Labute approximate surface area is 178 Å². The number of rotatable bonds is 6. The van der Waals surface area contributed by atoms with E-state index < -0.39 is 24.7 Å². The van der Waals surface area contributed by atoms with Crippen LogP contribution < -0.4 is 15.0 Å². The van der Waals surface area contributed by atoms with Crippen molar-refractivity contribution in [2.75, 3.05) is 44.7 Å². The van der Waals surface area contributed by atoms with E-state index in [1.54, 1.807) is 13.0 Å². The second kappa shape index (κ2) is 9.55. The zero-order valence-corrected chi connectivity index (χ0v) is 17.4. The van der Waals surface area contributed by atoms with Crippen molar-refractivity contribution in [1.82, 2.24) is 10.2 Å². The highest BCUT2D eigenvalue weighted by atomic mass is 19.4. The van der Waals surface area contributed by atoms with Gasteiger partial charge in [-0.05, 0) is 56.4 Å². The number of hydrogen-bond donors (Lipinski definition) is 1. The van der Waals surface area contributed by atoms with Crippen LogP contribution in [0.15, 0.2) is 42.5 Å². The normalized spacial score (nSPS) is 16.1. The number of benzene rings is 2.